The molecule has 1 aromatic heterocycles. The molecule has 0 saturated carbocycles. The molecule has 26 heavy (non-hydrogen) atoms. The van der Waals surface area contributed by atoms with Gasteiger partial charge in [-0.25, -0.2) is 13.6 Å². The largest absolute Gasteiger partial charge is 0.488 e. The number of nitrogens with zero attached hydrogens (tertiary/aromatic N) is 1. The summed E-state index contributed by atoms with van der Waals surface area (Å²) in [6.07, 6.45) is -3.84. The van der Waals surface area contributed by atoms with Gasteiger partial charge < -0.3 is 19.7 Å². The Kier molecular flexibility index (Phi) is 6.26. The third-order valence-electron chi connectivity index (χ3n) is 3.70. The number of carboxylic acid groups (broad SMARTS) is 1. The van der Waals surface area contributed by atoms with E-state index in [1.54, 1.807) is 26.0 Å². The fourth-order valence-corrected chi connectivity index (χ4v) is 2.27. The predicted molar refractivity (Wildman–Crippen MR) is 86.3 cm³/mol. The van der Waals surface area contributed by atoms with E-state index in [2.05, 4.69) is 10.5 Å². The van der Waals surface area contributed by atoms with Crippen LogP contribution in [0.15, 0.2) is 28.8 Å². The summed E-state index contributed by atoms with van der Waals surface area (Å²) in [7, 11) is 0. The van der Waals surface area contributed by atoms with E-state index in [0.29, 0.717) is 11.5 Å². The van der Waals surface area contributed by atoms with E-state index < -0.39 is 30.8 Å². The van der Waals surface area contributed by atoms with Crippen molar-refractivity contribution < 1.29 is 32.7 Å². The number of carbonyl (C=O) groups is 2. The molecule has 1 heterocycles. The number of aliphatic carboxylic acids is 1. The summed E-state index contributed by atoms with van der Waals surface area (Å²) in [5.74, 6) is -1.58. The number of carbonyl (C=O) groups excluding carboxylic acids is 1. The van der Waals surface area contributed by atoms with Crippen molar-refractivity contribution in [3.05, 3.63) is 46.8 Å². The molecule has 0 aliphatic heterocycles. The highest BCUT2D eigenvalue weighted by Crippen LogP contribution is 2.22. The normalized spacial score (nSPS) is 12.0. The highest BCUT2D eigenvalue weighted by molar-refractivity contribution is 5.98. The number of carboxylic acids is 1. The molecule has 0 radical (unpaired) electrons. The number of nitrogens with one attached hydrogen (secondary N) is 1. The van der Waals surface area contributed by atoms with Crippen molar-refractivity contribution in [2.24, 2.45) is 0 Å². The van der Waals surface area contributed by atoms with E-state index in [0.717, 1.165) is 5.56 Å². The second-order valence-corrected chi connectivity index (χ2v) is 5.58. The maximum absolute atomic E-state index is 12.5. The lowest BCUT2D eigenvalue weighted by atomic mass is 10.1. The van der Waals surface area contributed by atoms with Gasteiger partial charge in [0.05, 0.1) is 16.8 Å². The SMILES string of the molecule is Cc1noc(C)c1COc1ccccc1C(=O)NC(CC(F)F)C(=O)O. The minimum absolute atomic E-state index is 0.0415. The van der Waals surface area contributed by atoms with Crippen LogP contribution in [0, 0.1) is 13.8 Å². The summed E-state index contributed by atoms with van der Waals surface area (Å²) in [6, 6.07) is 4.43. The standard InChI is InChI=1S/C17H18F2N2O5/c1-9-12(10(2)26-21-9)8-25-14-6-4-3-5-11(14)16(22)20-13(17(23)24)7-15(18)19/h3-6,13,15H,7-8H2,1-2H3,(H,20,22)(H,23,24). The molecule has 2 rings (SSSR count). The Labute approximate surface area is 147 Å². The zero-order valence-corrected chi connectivity index (χ0v) is 14.2. The molecule has 2 N–H and O–H groups in total. The third-order valence-corrected chi connectivity index (χ3v) is 3.70. The highest BCUT2D eigenvalue weighted by Gasteiger charge is 2.25. The van der Waals surface area contributed by atoms with Gasteiger partial charge >= 0.3 is 5.97 Å². The predicted octanol–water partition coefficient (Wildman–Crippen LogP) is 2.71. The average Bonchev–Trinajstić information content (AvgIpc) is 2.90. The van der Waals surface area contributed by atoms with E-state index in [1.807, 2.05) is 0 Å². The Hall–Kier alpha value is -2.97. The number of halogens is 2. The van der Waals surface area contributed by atoms with Gasteiger partial charge in [0.1, 0.15) is 24.2 Å². The van der Waals surface area contributed by atoms with Crippen LogP contribution in [-0.2, 0) is 11.4 Å². The zero-order chi connectivity index (χ0) is 19.3. The molecule has 0 saturated heterocycles. The lowest BCUT2D eigenvalue weighted by Gasteiger charge is -2.16. The van der Waals surface area contributed by atoms with Crippen LogP contribution in [-0.4, -0.2) is 34.6 Å². The highest BCUT2D eigenvalue weighted by atomic mass is 19.3. The number of aryl methyl sites for hydroxylation is 2. The molecular weight excluding hydrogens is 350 g/mol. The summed E-state index contributed by atoms with van der Waals surface area (Å²) >= 11 is 0. The first-order valence-corrected chi connectivity index (χ1v) is 7.75. The van der Waals surface area contributed by atoms with Gasteiger partial charge in [0.25, 0.3) is 5.91 Å². The number of alkyl halides is 2. The smallest absolute Gasteiger partial charge is 0.326 e. The summed E-state index contributed by atoms with van der Waals surface area (Å²) in [5.41, 5.74) is 1.41. The van der Waals surface area contributed by atoms with Crippen LogP contribution in [0.25, 0.3) is 0 Å². The minimum Gasteiger partial charge on any atom is -0.488 e. The molecule has 2 aromatic rings. The van der Waals surface area contributed by atoms with E-state index in [-0.39, 0.29) is 17.9 Å². The van der Waals surface area contributed by atoms with Gasteiger partial charge in [-0.05, 0) is 26.0 Å². The number of amides is 1. The molecule has 0 aliphatic carbocycles. The van der Waals surface area contributed by atoms with Gasteiger partial charge in [0.15, 0.2) is 0 Å². The van der Waals surface area contributed by atoms with Crippen molar-refractivity contribution in [1.82, 2.24) is 10.5 Å². The summed E-state index contributed by atoms with van der Waals surface area (Å²) in [4.78, 5) is 23.4. The first kappa shape index (κ1) is 19.4. The van der Waals surface area contributed by atoms with Crippen molar-refractivity contribution in [2.45, 2.75) is 39.3 Å². The molecule has 1 aromatic carbocycles. The maximum atomic E-state index is 12.5. The summed E-state index contributed by atoms with van der Waals surface area (Å²) in [6.45, 7) is 3.56. The van der Waals surface area contributed by atoms with Gasteiger partial charge in [-0.1, -0.05) is 17.3 Å². The van der Waals surface area contributed by atoms with Crippen molar-refractivity contribution in [3.8, 4) is 5.75 Å². The lowest BCUT2D eigenvalue weighted by molar-refractivity contribution is -0.140. The van der Waals surface area contributed by atoms with Crippen LogP contribution < -0.4 is 10.1 Å². The Morgan fingerprint density at radius 2 is 2.00 bits per heavy atom. The topological polar surface area (TPSA) is 102 Å². The molecule has 140 valence electrons. The van der Waals surface area contributed by atoms with E-state index >= 15 is 0 Å². The van der Waals surface area contributed by atoms with Crippen LogP contribution in [0.5, 0.6) is 5.75 Å². The monoisotopic (exact) mass is 368 g/mol. The lowest BCUT2D eigenvalue weighted by Crippen LogP contribution is -2.42. The Bertz CT molecular complexity index is 772. The number of para-hydroxylation sites is 1. The van der Waals surface area contributed by atoms with Gasteiger partial charge in [0, 0.05) is 6.42 Å². The summed E-state index contributed by atoms with van der Waals surface area (Å²) < 4.78 is 35.6. The number of hydrogen-bond acceptors (Lipinski definition) is 5. The molecule has 9 heteroatoms. The first-order chi connectivity index (χ1) is 12.3. The Balaban J connectivity index is 2.14. The molecular formula is C17H18F2N2O5. The fraction of sp³-hybridized carbons (Fsp3) is 0.353. The Morgan fingerprint density at radius 1 is 1.31 bits per heavy atom. The second kappa shape index (κ2) is 8.41. The Morgan fingerprint density at radius 3 is 2.58 bits per heavy atom. The molecule has 0 spiro atoms. The third kappa shape index (κ3) is 4.78. The van der Waals surface area contributed by atoms with Crippen LogP contribution in [0.2, 0.25) is 0 Å². The van der Waals surface area contributed by atoms with Crippen LogP contribution in [0.3, 0.4) is 0 Å². The van der Waals surface area contributed by atoms with Crippen LogP contribution >= 0.6 is 0 Å². The number of benzene rings is 1. The van der Waals surface area contributed by atoms with Crippen LogP contribution in [0.4, 0.5) is 8.78 Å². The van der Waals surface area contributed by atoms with Crippen molar-refractivity contribution in [1.29, 1.82) is 0 Å². The molecule has 1 atom stereocenters. The summed E-state index contributed by atoms with van der Waals surface area (Å²) in [5, 5.41) is 14.9. The molecule has 1 amide bonds. The van der Waals surface area contributed by atoms with Gasteiger partial charge in [-0.15, -0.1) is 0 Å². The van der Waals surface area contributed by atoms with Gasteiger partial charge in [-0.3, -0.25) is 4.79 Å². The number of aromatic nitrogens is 1. The molecule has 1 unspecified atom stereocenters. The molecule has 0 fully saturated rings. The van der Waals surface area contributed by atoms with Crippen LogP contribution in [0.1, 0.15) is 33.8 Å². The van der Waals surface area contributed by atoms with E-state index in [4.69, 9.17) is 14.4 Å². The molecule has 0 bridgehead atoms. The first-order valence-electron chi connectivity index (χ1n) is 7.75. The number of rotatable bonds is 8. The van der Waals surface area contributed by atoms with Crippen molar-refractivity contribution in [2.75, 3.05) is 0 Å². The quantitative estimate of drug-likeness (QED) is 0.743. The number of hydrogen-bond donors (Lipinski definition) is 2. The van der Waals surface area contributed by atoms with Gasteiger partial charge in [-0.2, -0.15) is 0 Å². The van der Waals surface area contributed by atoms with Crippen molar-refractivity contribution in [3.63, 3.8) is 0 Å². The maximum Gasteiger partial charge on any atom is 0.326 e. The van der Waals surface area contributed by atoms with Gasteiger partial charge in [0.2, 0.25) is 6.43 Å². The molecule has 0 aliphatic rings. The van der Waals surface area contributed by atoms with Crippen molar-refractivity contribution >= 4 is 11.9 Å². The van der Waals surface area contributed by atoms with E-state index in [9.17, 15) is 18.4 Å². The number of ether oxygens (including phenoxy) is 1. The minimum atomic E-state index is -2.86. The average molecular weight is 368 g/mol. The van der Waals surface area contributed by atoms with E-state index in [1.165, 1.54) is 12.1 Å². The fourth-order valence-electron chi connectivity index (χ4n) is 2.27. The zero-order valence-electron chi connectivity index (χ0n) is 14.2. The molecule has 7 nitrogen and oxygen atoms in total. The second-order valence-electron chi connectivity index (χ2n) is 5.58.